The van der Waals surface area contributed by atoms with Crippen LogP contribution in [0.4, 0.5) is 4.48 Å². The normalized spacial score (nSPS) is 19.7. The van der Waals surface area contributed by atoms with Gasteiger partial charge in [0.05, 0.1) is 0 Å². The minimum Gasteiger partial charge on any atom is -0.147 e. The highest BCUT2D eigenvalue weighted by molar-refractivity contribution is 5.85. The Hall–Kier alpha value is 0.470. The first kappa shape index (κ1) is 12.2. The van der Waals surface area contributed by atoms with Gasteiger partial charge in [-0.25, -0.2) is 0 Å². The molecule has 0 aromatic rings. The lowest BCUT2D eigenvalue weighted by atomic mass is 10.2. The molecule has 0 aromatic heterocycles. The van der Waals surface area contributed by atoms with E-state index in [0.717, 1.165) is 18.0 Å². The van der Waals surface area contributed by atoms with Gasteiger partial charge in [-0.1, -0.05) is 6.42 Å². The molecule has 1 rings (SSSR count). The summed E-state index contributed by atoms with van der Waals surface area (Å²) < 4.78 is 12.0. The van der Waals surface area contributed by atoms with E-state index >= 15 is 0 Å². The molecule has 0 unspecified atom stereocenters. The third kappa shape index (κ3) is 4.94. The zero-order valence-electron chi connectivity index (χ0n) is 5.18. The van der Waals surface area contributed by atoms with E-state index in [1.165, 1.54) is 6.42 Å². The largest absolute Gasteiger partial charge is 0.147 e. The van der Waals surface area contributed by atoms with Gasteiger partial charge in [-0.3, -0.25) is 0 Å². The van der Waals surface area contributed by atoms with Crippen LogP contribution in [-0.4, -0.2) is 18.2 Å². The molecule has 1 aliphatic rings. The maximum atomic E-state index is 12.0. The van der Waals surface area contributed by atoms with E-state index in [1.54, 1.807) is 0 Å². The summed E-state index contributed by atoms with van der Waals surface area (Å²) >= 11 is 0. The molecule has 0 bridgehead atoms. The molecule has 0 aromatic carbocycles. The Bertz CT molecular complexity index is 56.9. The predicted molar refractivity (Wildman–Crippen MR) is 41.0 cm³/mol. The van der Waals surface area contributed by atoms with Crippen molar-refractivity contribution in [2.45, 2.75) is 19.3 Å². The minimum absolute atomic E-state index is 0. The number of halogens is 3. The highest BCUT2D eigenvalue weighted by Crippen LogP contribution is 2.07. The lowest BCUT2D eigenvalue weighted by molar-refractivity contribution is 0.00630. The SMILES string of the molecule is Cl.Cl.FN1CCCCC1. The molecule has 0 atom stereocenters. The summed E-state index contributed by atoms with van der Waals surface area (Å²) in [6, 6.07) is 0. The Labute approximate surface area is 67.4 Å². The van der Waals surface area contributed by atoms with E-state index in [-0.39, 0.29) is 24.8 Å². The van der Waals surface area contributed by atoms with Crippen molar-refractivity contribution in [3.05, 3.63) is 0 Å². The molecule has 1 heterocycles. The van der Waals surface area contributed by atoms with Crippen LogP contribution in [-0.2, 0) is 0 Å². The molecule has 9 heavy (non-hydrogen) atoms. The highest BCUT2D eigenvalue weighted by atomic mass is 35.5. The monoisotopic (exact) mass is 175 g/mol. The number of piperidine rings is 1. The van der Waals surface area contributed by atoms with Gasteiger partial charge >= 0.3 is 0 Å². The number of hydrogen-bond acceptors (Lipinski definition) is 1. The van der Waals surface area contributed by atoms with Crippen LogP contribution in [0.5, 0.6) is 0 Å². The summed E-state index contributed by atoms with van der Waals surface area (Å²) in [7, 11) is 0. The van der Waals surface area contributed by atoms with E-state index in [4.69, 9.17) is 0 Å². The average Bonchev–Trinajstić information content (AvgIpc) is 1.69. The highest BCUT2D eigenvalue weighted by Gasteiger charge is 2.06. The molecule has 1 saturated heterocycles. The van der Waals surface area contributed by atoms with Crippen LogP contribution in [0.2, 0.25) is 0 Å². The summed E-state index contributed by atoms with van der Waals surface area (Å²) in [5, 5.41) is 0.892. The van der Waals surface area contributed by atoms with E-state index in [9.17, 15) is 4.48 Å². The molecule has 4 heteroatoms. The van der Waals surface area contributed by atoms with Gasteiger partial charge in [-0.15, -0.1) is 34.4 Å². The van der Waals surface area contributed by atoms with Crippen LogP contribution < -0.4 is 0 Å². The van der Waals surface area contributed by atoms with Gasteiger partial charge in [0.15, 0.2) is 0 Å². The molecular formula is C5H12Cl2FN. The molecule has 0 radical (unpaired) electrons. The smallest absolute Gasteiger partial charge is 0.0290 e. The fourth-order valence-corrected chi connectivity index (χ4v) is 0.855. The van der Waals surface area contributed by atoms with E-state index in [1.807, 2.05) is 0 Å². The summed E-state index contributed by atoms with van der Waals surface area (Å²) in [5.41, 5.74) is 0. The second-order valence-electron chi connectivity index (χ2n) is 1.97. The van der Waals surface area contributed by atoms with Crippen molar-refractivity contribution < 1.29 is 4.48 Å². The van der Waals surface area contributed by atoms with Crippen molar-refractivity contribution >= 4 is 24.8 Å². The second kappa shape index (κ2) is 6.59. The van der Waals surface area contributed by atoms with Gasteiger partial charge in [0.2, 0.25) is 0 Å². The maximum Gasteiger partial charge on any atom is 0.0290 e. The lowest BCUT2D eigenvalue weighted by Gasteiger charge is -2.15. The minimum atomic E-state index is 0. The molecule has 58 valence electrons. The van der Waals surface area contributed by atoms with Crippen LogP contribution in [0.25, 0.3) is 0 Å². The molecule has 1 fully saturated rings. The summed E-state index contributed by atoms with van der Waals surface area (Å²) in [5.74, 6) is 0. The lowest BCUT2D eigenvalue weighted by Crippen LogP contribution is -2.20. The van der Waals surface area contributed by atoms with Crippen molar-refractivity contribution in [1.82, 2.24) is 5.12 Å². The van der Waals surface area contributed by atoms with Crippen LogP contribution in [0.15, 0.2) is 0 Å². The van der Waals surface area contributed by atoms with Gasteiger partial charge in [0.25, 0.3) is 0 Å². The van der Waals surface area contributed by atoms with Gasteiger partial charge in [-0.05, 0) is 12.8 Å². The third-order valence-electron chi connectivity index (χ3n) is 1.30. The maximum absolute atomic E-state index is 12.0. The summed E-state index contributed by atoms with van der Waals surface area (Å²) in [6.07, 6.45) is 3.29. The van der Waals surface area contributed by atoms with Crippen molar-refractivity contribution in [2.24, 2.45) is 0 Å². The fourth-order valence-electron chi connectivity index (χ4n) is 0.855. The first-order chi connectivity index (χ1) is 3.39. The molecule has 1 aliphatic heterocycles. The quantitative estimate of drug-likeness (QED) is 0.511. The Morgan fingerprint density at radius 3 is 1.56 bits per heavy atom. The Morgan fingerprint density at radius 2 is 1.33 bits per heavy atom. The molecule has 0 N–H and O–H groups in total. The number of rotatable bonds is 0. The van der Waals surface area contributed by atoms with Gasteiger partial charge in [-0.2, -0.15) is 0 Å². The fraction of sp³-hybridized carbons (Fsp3) is 1.00. The Kier molecular flexibility index (Phi) is 8.91. The topological polar surface area (TPSA) is 3.24 Å². The zero-order chi connectivity index (χ0) is 5.11. The molecule has 1 nitrogen and oxygen atoms in total. The number of nitrogens with zero attached hydrogens (tertiary/aromatic N) is 1. The van der Waals surface area contributed by atoms with E-state index in [0.29, 0.717) is 13.1 Å². The first-order valence-electron chi connectivity index (χ1n) is 2.80. The Morgan fingerprint density at radius 1 is 0.889 bits per heavy atom. The standard InChI is InChI=1S/C5H10FN.2ClH/c6-7-4-2-1-3-5-7;;/h1-5H2;2*1H. The summed E-state index contributed by atoms with van der Waals surface area (Å²) in [4.78, 5) is 0. The van der Waals surface area contributed by atoms with Gasteiger partial charge < -0.3 is 0 Å². The number of hydrogen-bond donors (Lipinski definition) is 0. The van der Waals surface area contributed by atoms with E-state index < -0.39 is 0 Å². The van der Waals surface area contributed by atoms with Crippen molar-refractivity contribution in [3.8, 4) is 0 Å². The molecule has 0 amide bonds. The van der Waals surface area contributed by atoms with Crippen molar-refractivity contribution in [2.75, 3.05) is 13.1 Å². The zero-order valence-corrected chi connectivity index (χ0v) is 6.81. The average molecular weight is 176 g/mol. The van der Waals surface area contributed by atoms with Gasteiger partial charge in [0, 0.05) is 13.1 Å². The molecule has 0 aliphatic carbocycles. The van der Waals surface area contributed by atoms with Crippen LogP contribution in [0.1, 0.15) is 19.3 Å². The second-order valence-corrected chi connectivity index (χ2v) is 1.97. The van der Waals surface area contributed by atoms with Gasteiger partial charge in [0.1, 0.15) is 0 Å². The van der Waals surface area contributed by atoms with E-state index in [2.05, 4.69) is 0 Å². The first-order valence-corrected chi connectivity index (χ1v) is 2.80. The van der Waals surface area contributed by atoms with Crippen LogP contribution in [0.3, 0.4) is 0 Å². The predicted octanol–water partition coefficient (Wildman–Crippen LogP) is 2.20. The summed E-state index contributed by atoms with van der Waals surface area (Å²) in [6.45, 7) is 1.31. The molecular weight excluding hydrogens is 164 g/mol. The third-order valence-corrected chi connectivity index (χ3v) is 1.30. The van der Waals surface area contributed by atoms with Crippen molar-refractivity contribution in [3.63, 3.8) is 0 Å². The molecule has 0 saturated carbocycles. The Balaban J connectivity index is 0. The van der Waals surface area contributed by atoms with Crippen LogP contribution in [0, 0.1) is 0 Å². The van der Waals surface area contributed by atoms with Crippen LogP contribution >= 0.6 is 24.8 Å². The van der Waals surface area contributed by atoms with Crippen molar-refractivity contribution in [1.29, 1.82) is 0 Å². The molecule has 0 spiro atoms.